The molecule has 0 saturated carbocycles. The number of hydrogen-bond donors (Lipinski definition) is 0. The van der Waals surface area contributed by atoms with E-state index in [4.69, 9.17) is 4.52 Å². The van der Waals surface area contributed by atoms with Crippen LogP contribution in [0.4, 0.5) is 0 Å². The van der Waals surface area contributed by atoms with Gasteiger partial charge in [0.15, 0.2) is 0 Å². The molecule has 0 N–H and O–H groups in total. The first-order valence-electron chi connectivity index (χ1n) is 7.99. The maximum atomic E-state index is 5.43. The van der Waals surface area contributed by atoms with E-state index in [-0.39, 0.29) is 0 Å². The molecule has 5 heteroatoms. The highest BCUT2D eigenvalue weighted by Crippen LogP contribution is 2.26. The van der Waals surface area contributed by atoms with E-state index < -0.39 is 0 Å². The number of aryl methyl sites for hydroxylation is 1. The predicted molar refractivity (Wildman–Crippen MR) is 93.6 cm³/mol. The normalized spacial score (nSPS) is 11.5. The maximum Gasteiger partial charge on any atom is 0.258 e. The Morgan fingerprint density at radius 2 is 1.75 bits per heavy atom. The van der Waals surface area contributed by atoms with Gasteiger partial charge in [-0.1, -0.05) is 22.9 Å². The van der Waals surface area contributed by atoms with Gasteiger partial charge in [0, 0.05) is 17.2 Å². The second kappa shape index (κ2) is 5.60. The molecule has 0 bridgehead atoms. The summed E-state index contributed by atoms with van der Waals surface area (Å²) in [5.74, 6) is 1.12. The molecule has 0 fully saturated rings. The second-order valence-corrected chi connectivity index (χ2v) is 6.24. The average Bonchev–Trinajstić information content (AvgIpc) is 3.22. The summed E-state index contributed by atoms with van der Waals surface area (Å²) in [6.07, 6.45) is 1.87. The van der Waals surface area contributed by atoms with E-state index in [0.717, 1.165) is 22.2 Å². The van der Waals surface area contributed by atoms with Gasteiger partial charge in [0.1, 0.15) is 0 Å². The van der Waals surface area contributed by atoms with Crippen LogP contribution in [-0.4, -0.2) is 19.7 Å². The van der Waals surface area contributed by atoms with Crippen molar-refractivity contribution < 1.29 is 4.52 Å². The van der Waals surface area contributed by atoms with E-state index in [1.165, 1.54) is 5.56 Å². The number of imidazole rings is 1. The summed E-state index contributed by atoms with van der Waals surface area (Å²) in [5.41, 5.74) is 5.09. The summed E-state index contributed by atoms with van der Waals surface area (Å²) in [6, 6.07) is 14.4. The first-order chi connectivity index (χ1) is 11.6. The fourth-order valence-corrected chi connectivity index (χ4v) is 2.73. The van der Waals surface area contributed by atoms with Crippen molar-refractivity contribution in [2.75, 3.05) is 0 Å². The Morgan fingerprint density at radius 3 is 2.50 bits per heavy atom. The fraction of sp³-hybridized carbons (Fsp3) is 0.211. The Bertz CT molecular complexity index is 996. The highest BCUT2D eigenvalue weighted by atomic mass is 16.5. The summed E-state index contributed by atoms with van der Waals surface area (Å²) >= 11 is 0. The lowest BCUT2D eigenvalue weighted by atomic mass is 10.1. The number of hydrogen-bond acceptors (Lipinski definition) is 4. The lowest BCUT2D eigenvalue weighted by Gasteiger charge is -2.07. The van der Waals surface area contributed by atoms with Gasteiger partial charge < -0.3 is 9.09 Å². The Morgan fingerprint density at radius 1 is 1.00 bits per heavy atom. The van der Waals surface area contributed by atoms with Crippen molar-refractivity contribution in [3.63, 3.8) is 0 Å². The molecular formula is C19H18N4O. The molecule has 0 radical (unpaired) electrons. The average molecular weight is 318 g/mol. The van der Waals surface area contributed by atoms with E-state index in [1.54, 1.807) is 0 Å². The summed E-state index contributed by atoms with van der Waals surface area (Å²) in [4.78, 5) is 8.97. The highest BCUT2D eigenvalue weighted by Gasteiger charge is 2.13. The van der Waals surface area contributed by atoms with Gasteiger partial charge in [0.25, 0.3) is 5.89 Å². The SMILES string of the molecule is Cc1ccc(-c2nc(-c3ccc4ncn(C(C)C)c4c3)no2)cc1. The third kappa shape index (κ3) is 2.48. The maximum absolute atomic E-state index is 5.43. The van der Waals surface area contributed by atoms with Gasteiger partial charge in [-0.15, -0.1) is 0 Å². The van der Waals surface area contributed by atoms with Crippen LogP contribution in [0.2, 0.25) is 0 Å². The van der Waals surface area contributed by atoms with Crippen LogP contribution in [0.3, 0.4) is 0 Å². The number of aromatic nitrogens is 4. The Balaban J connectivity index is 1.75. The second-order valence-electron chi connectivity index (χ2n) is 6.24. The number of rotatable bonds is 3. The molecule has 0 spiro atoms. The van der Waals surface area contributed by atoms with Gasteiger partial charge in [-0.3, -0.25) is 0 Å². The van der Waals surface area contributed by atoms with Crippen molar-refractivity contribution in [1.82, 2.24) is 19.7 Å². The molecule has 5 nitrogen and oxygen atoms in total. The zero-order valence-corrected chi connectivity index (χ0v) is 13.9. The van der Waals surface area contributed by atoms with Crippen molar-refractivity contribution in [2.45, 2.75) is 26.8 Å². The van der Waals surface area contributed by atoms with Gasteiger partial charge in [-0.25, -0.2) is 4.98 Å². The van der Waals surface area contributed by atoms with E-state index >= 15 is 0 Å². The van der Waals surface area contributed by atoms with Crippen LogP contribution in [0.25, 0.3) is 33.9 Å². The monoisotopic (exact) mass is 318 g/mol. The van der Waals surface area contributed by atoms with Gasteiger partial charge >= 0.3 is 0 Å². The van der Waals surface area contributed by atoms with Crippen LogP contribution in [-0.2, 0) is 0 Å². The van der Waals surface area contributed by atoms with Gasteiger partial charge in [0.2, 0.25) is 5.82 Å². The third-order valence-corrected chi connectivity index (χ3v) is 4.11. The molecule has 0 aliphatic carbocycles. The van der Waals surface area contributed by atoms with Crippen molar-refractivity contribution in [3.05, 3.63) is 54.4 Å². The lowest BCUT2D eigenvalue weighted by molar-refractivity contribution is 0.432. The standard InChI is InChI=1S/C19H18N4O/c1-12(2)23-11-20-16-9-8-15(10-17(16)23)18-21-19(24-22-18)14-6-4-13(3)5-7-14/h4-12H,1-3H3. The van der Waals surface area contributed by atoms with Crippen LogP contribution >= 0.6 is 0 Å². The van der Waals surface area contributed by atoms with Crippen LogP contribution in [0.1, 0.15) is 25.5 Å². The molecule has 0 atom stereocenters. The Hall–Kier alpha value is -2.95. The molecule has 2 heterocycles. The predicted octanol–water partition coefficient (Wildman–Crippen LogP) is 4.64. The molecule has 0 saturated heterocycles. The van der Waals surface area contributed by atoms with E-state index in [0.29, 0.717) is 17.8 Å². The minimum Gasteiger partial charge on any atom is -0.334 e. The minimum atomic E-state index is 0.346. The summed E-state index contributed by atoms with van der Waals surface area (Å²) in [6.45, 7) is 6.32. The fourth-order valence-electron chi connectivity index (χ4n) is 2.73. The highest BCUT2D eigenvalue weighted by molar-refractivity contribution is 5.81. The molecule has 0 amide bonds. The molecule has 0 unspecified atom stereocenters. The molecule has 4 aromatic rings. The minimum absolute atomic E-state index is 0.346. The zero-order valence-electron chi connectivity index (χ0n) is 13.9. The molecule has 2 aromatic heterocycles. The molecular weight excluding hydrogens is 300 g/mol. The number of benzene rings is 2. The summed E-state index contributed by atoms with van der Waals surface area (Å²) < 4.78 is 7.57. The van der Waals surface area contributed by atoms with E-state index in [1.807, 2.05) is 42.7 Å². The number of fused-ring (bicyclic) bond motifs is 1. The molecule has 24 heavy (non-hydrogen) atoms. The van der Waals surface area contributed by atoms with Gasteiger partial charge in [-0.05, 0) is 51.1 Å². The summed E-state index contributed by atoms with van der Waals surface area (Å²) in [5, 5.41) is 4.14. The van der Waals surface area contributed by atoms with Crippen molar-refractivity contribution in [2.24, 2.45) is 0 Å². The zero-order chi connectivity index (χ0) is 16.7. The molecule has 4 rings (SSSR count). The van der Waals surface area contributed by atoms with Crippen molar-refractivity contribution in [1.29, 1.82) is 0 Å². The first kappa shape index (κ1) is 14.6. The van der Waals surface area contributed by atoms with Crippen LogP contribution < -0.4 is 0 Å². The van der Waals surface area contributed by atoms with Crippen LogP contribution in [0.15, 0.2) is 53.3 Å². The van der Waals surface area contributed by atoms with E-state index in [2.05, 4.69) is 46.5 Å². The third-order valence-electron chi connectivity index (χ3n) is 4.11. The smallest absolute Gasteiger partial charge is 0.258 e. The Kier molecular flexibility index (Phi) is 3.41. The van der Waals surface area contributed by atoms with Gasteiger partial charge in [0.05, 0.1) is 17.4 Å². The van der Waals surface area contributed by atoms with Crippen molar-refractivity contribution in [3.8, 4) is 22.8 Å². The molecule has 120 valence electrons. The topological polar surface area (TPSA) is 56.7 Å². The first-order valence-corrected chi connectivity index (χ1v) is 7.99. The van der Waals surface area contributed by atoms with Crippen LogP contribution in [0.5, 0.6) is 0 Å². The summed E-state index contributed by atoms with van der Waals surface area (Å²) in [7, 11) is 0. The molecule has 2 aromatic carbocycles. The Labute approximate surface area is 140 Å². The van der Waals surface area contributed by atoms with Crippen molar-refractivity contribution >= 4 is 11.0 Å². The van der Waals surface area contributed by atoms with Crippen LogP contribution in [0, 0.1) is 6.92 Å². The van der Waals surface area contributed by atoms with Gasteiger partial charge in [-0.2, -0.15) is 4.98 Å². The molecule has 0 aliphatic heterocycles. The molecule has 0 aliphatic rings. The quantitative estimate of drug-likeness (QED) is 0.552. The largest absolute Gasteiger partial charge is 0.334 e. The number of nitrogens with zero attached hydrogens (tertiary/aromatic N) is 4. The lowest BCUT2D eigenvalue weighted by Crippen LogP contribution is -1.98. The van der Waals surface area contributed by atoms with E-state index in [9.17, 15) is 0 Å².